The molecule has 2 aromatic carbocycles. The van der Waals surface area contributed by atoms with Gasteiger partial charge in [0.25, 0.3) is 0 Å². The van der Waals surface area contributed by atoms with Gasteiger partial charge < -0.3 is 14.8 Å². The molecule has 1 atom stereocenters. The normalized spacial score (nSPS) is 18.2. The molecule has 33 heavy (non-hydrogen) atoms. The van der Waals surface area contributed by atoms with Crippen LogP contribution in [0, 0.1) is 0 Å². The van der Waals surface area contributed by atoms with Crippen LogP contribution in [0.5, 0.6) is 11.5 Å². The van der Waals surface area contributed by atoms with Crippen LogP contribution in [-0.4, -0.2) is 57.9 Å². The summed E-state index contributed by atoms with van der Waals surface area (Å²) < 4.78 is 37.9. The lowest BCUT2D eigenvalue weighted by Crippen LogP contribution is -2.44. The Morgan fingerprint density at radius 1 is 1.03 bits per heavy atom. The van der Waals surface area contributed by atoms with Gasteiger partial charge in [0.15, 0.2) is 0 Å². The van der Waals surface area contributed by atoms with Crippen LogP contribution in [0.3, 0.4) is 0 Å². The predicted octanol–water partition coefficient (Wildman–Crippen LogP) is 2.40. The first-order chi connectivity index (χ1) is 15.8. The Balaban J connectivity index is 1.61. The van der Waals surface area contributed by atoms with Crippen LogP contribution >= 0.6 is 0 Å². The molecule has 0 radical (unpaired) electrons. The lowest BCUT2D eigenvalue weighted by atomic mass is 10.1. The van der Waals surface area contributed by atoms with Gasteiger partial charge in [-0.3, -0.25) is 14.5 Å². The Morgan fingerprint density at radius 3 is 2.39 bits per heavy atom. The van der Waals surface area contributed by atoms with Gasteiger partial charge in [-0.15, -0.1) is 0 Å². The number of benzene rings is 2. The third kappa shape index (κ3) is 4.28. The lowest BCUT2D eigenvalue weighted by molar-refractivity contribution is -0.122. The fourth-order valence-corrected chi connectivity index (χ4v) is 5.95. The number of nitrogens with zero attached hydrogens (tertiary/aromatic N) is 2. The third-order valence-corrected chi connectivity index (χ3v) is 7.94. The van der Waals surface area contributed by atoms with Gasteiger partial charge in [-0.2, -0.15) is 4.31 Å². The first-order valence-electron chi connectivity index (χ1n) is 10.7. The Hall–Kier alpha value is -3.11. The molecular formula is C23H27N3O6S. The maximum atomic E-state index is 13.2. The maximum absolute atomic E-state index is 13.2. The van der Waals surface area contributed by atoms with Crippen molar-refractivity contribution in [3.63, 3.8) is 0 Å². The van der Waals surface area contributed by atoms with Crippen molar-refractivity contribution in [2.24, 2.45) is 0 Å². The summed E-state index contributed by atoms with van der Waals surface area (Å²) >= 11 is 0. The summed E-state index contributed by atoms with van der Waals surface area (Å²) in [5.41, 5.74) is 1.64. The van der Waals surface area contributed by atoms with E-state index in [1.54, 1.807) is 30.3 Å². The third-order valence-electron chi connectivity index (χ3n) is 6.05. The first kappa shape index (κ1) is 23.1. The largest absolute Gasteiger partial charge is 0.497 e. The average molecular weight is 474 g/mol. The summed E-state index contributed by atoms with van der Waals surface area (Å²) in [6.45, 7) is 2.40. The van der Waals surface area contributed by atoms with E-state index in [0.29, 0.717) is 41.5 Å². The van der Waals surface area contributed by atoms with E-state index < -0.39 is 22.0 Å². The van der Waals surface area contributed by atoms with Crippen molar-refractivity contribution in [3.8, 4) is 11.5 Å². The predicted molar refractivity (Wildman–Crippen MR) is 123 cm³/mol. The van der Waals surface area contributed by atoms with Crippen LogP contribution in [0.4, 0.5) is 11.4 Å². The van der Waals surface area contributed by atoms with Crippen molar-refractivity contribution in [1.29, 1.82) is 0 Å². The second-order valence-electron chi connectivity index (χ2n) is 8.07. The van der Waals surface area contributed by atoms with E-state index in [9.17, 15) is 18.0 Å². The molecule has 2 heterocycles. The van der Waals surface area contributed by atoms with Crippen molar-refractivity contribution in [2.45, 2.75) is 37.1 Å². The number of hydrogen-bond acceptors (Lipinski definition) is 6. The van der Waals surface area contributed by atoms with E-state index in [4.69, 9.17) is 9.47 Å². The molecule has 0 saturated carbocycles. The van der Waals surface area contributed by atoms with Gasteiger partial charge in [-0.25, -0.2) is 8.42 Å². The number of anilines is 2. The molecule has 1 fully saturated rings. The zero-order chi connectivity index (χ0) is 23.8. The van der Waals surface area contributed by atoms with Crippen LogP contribution in [0.1, 0.15) is 25.3 Å². The standard InChI is InChI=1S/C23H27N3O6S/c1-15(27)26-20-9-7-18(33(29,30)25-10-4-5-11-25)12-16(20)13-21(26)23(28)24-19-8-6-17(31-2)14-22(19)32-3/h6-9,12,14,21H,4-5,10-11,13H2,1-3H3,(H,24,28). The van der Waals surface area contributed by atoms with Crippen molar-refractivity contribution < 1.29 is 27.5 Å². The summed E-state index contributed by atoms with van der Waals surface area (Å²) in [5.74, 6) is 0.307. The number of rotatable bonds is 6. The second-order valence-corrected chi connectivity index (χ2v) is 10.0. The van der Waals surface area contributed by atoms with Gasteiger partial charge in [0.2, 0.25) is 21.8 Å². The van der Waals surface area contributed by atoms with Gasteiger partial charge in [-0.1, -0.05) is 0 Å². The summed E-state index contributed by atoms with van der Waals surface area (Å²) in [4.78, 5) is 27.2. The fraction of sp³-hybridized carbons (Fsp3) is 0.391. The Kier molecular flexibility index (Phi) is 6.31. The van der Waals surface area contributed by atoms with Gasteiger partial charge in [-0.05, 0) is 48.7 Å². The van der Waals surface area contributed by atoms with Crippen molar-refractivity contribution in [3.05, 3.63) is 42.0 Å². The topological polar surface area (TPSA) is 105 Å². The molecule has 176 valence electrons. The summed E-state index contributed by atoms with van der Waals surface area (Å²) in [6, 6.07) is 8.90. The van der Waals surface area contributed by atoms with E-state index in [2.05, 4.69) is 5.32 Å². The van der Waals surface area contributed by atoms with Gasteiger partial charge in [0, 0.05) is 38.2 Å². The van der Waals surface area contributed by atoms with E-state index >= 15 is 0 Å². The van der Waals surface area contributed by atoms with E-state index in [1.807, 2.05) is 0 Å². The first-order valence-corrected chi connectivity index (χ1v) is 12.2. The Bertz CT molecular complexity index is 1190. The van der Waals surface area contributed by atoms with Crippen LogP contribution in [0.25, 0.3) is 0 Å². The number of carbonyl (C=O) groups is 2. The highest BCUT2D eigenvalue weighted by Crippen LogP contribution is 2.36. The highest BCUT2D eigenvalue weighted by molar-refractivity contribution is 7.89. The minimum Gasteiger partial charge on any atom is -0.497 e. The Labute approximate surface area is 193 Å². The molecule has 4 rings (SSSR count). The lowest BCUT2D eigenvalue weighted by Gasteiger charge is -2.24. The van der Waals surface area contributed by atoms with E-state index in [1.165, 1.54) is 36.4 Å². The Morgan fingerprint density at radius 2 is 1.76 bits per heavy atom. The van der Waals surface area contributed by atoms with Crippen molar-refractivity contribution in [1.82, 2.24) is 4.31 Å². The molecule has 0 aliphatic carbocycles. The number of nitrogens with one attached hydrogen (secondary N) is 1. The number of methoxy groups -OCH3 is 2. The van der Waals surface area contributed by atoms with Gasteiger partial charge >= 0.3 is 0 Å². The number of sulfonamides is 1. The van der Waals surface area contributed by atoms with Crippen LogP contribution in [0.2, 0.25) is 0 Å². The molecule has 1 saturated heterocycles. The van der Waals surface area contributed by atoms with Crippen molar-refractivity contribution in [2.75, 3.05) is 37.5 Å². The molecule has 2 aromatic rings. The highest BCUT2D eigenvalue weighted by Gasteiger charge is 2.38. The molecule has 10 heteroatoms. The van der Waals surface area contributed by atoms with Crippen LogP contribution in [-0.2, 0) is 26.0 Å². The molecule has 2 aliphatic heterocycles. The average Bonchev–Trinajstić information content (AvgIpc) is 3.47. The molecule has 0 spiro atoms. The summed E-state index contributed by atoms with van der Waals surface area (Å²) in [7, 11) is -0.579. The monoisotopic (exact) mass is 473 g/mol. The quantitative estimate of drug-likeness (QED) is 0.691. The summed E-state index contributed by atoms with van der Waals surface area (Å²) in [6.07, 6.45) is 1.90. The minimum atomic E-state index is -3.60. The molecular weight excluding hydrogens is 446 g/mol. The number of carbonyl (C=O) groups excluding carboxylic acids is 2. The minimum absolute atomic E-state index is 0.185. The molecule has 2 amide bonds. The molecule has 0 bridgehead atoms. The molecule has 1 unspecified atom stereocenters. The smallest absolute Gasteiger partial charge is 0.248 e. The zero-order valence-corrected chi connectivity index (χ0v) is 19.6. The molecule has 2 aliphatic rings. The molecule has 1 N–H and O–H groups in total. The van der Waals surface area contributed by atoms with Gasteiger partial charge in [0.05, 0.1) is 24.8 Å². The second kappa shape index (κ2) is 9.03. The fourth-order valence-electron chi connectivity index (χ4n) is 4.38. The maximum Gasteiger partial charge on any atom is 0.248 e. The van der Waals surface area contributed by atoms with Crippen molar-refractivity contribution >= 4 is 33.2 Å². The van der Waals surface area contributed by atoms with E-state index in [-0.39, 0.29) is 17.2 Å². The van der Waals surface area contributed by atoms with Crippen LogP contribution in [0.15, 0.2) is 41.3 Å². The highest BCUT2D eigenvalue weighted by atomic mass is 32.2. The van der Waals surface area contributed by atoms with E-state index in [0.717, 1.165) is 12.8 Å². The number of ether oxygens (including phenoxy) is 2. The van der Waals surface area contributed by atoms with Crippen LogP contribution < -0.4 is 19.7 Å². The molecule has 0 aromatic heterocycles. The number of hydrogen-bond donors (Lipinski definition) is 1. The number of amides is 2. The summed E-state index contributed by atoms with van der Waals surface area (Å²) in [5, 5.41) is 2.82. The SMILES string of the molecule is COc1ccc(NC(=O)C2Cc3cc(S(=O)(=O)N4CCCC4)ccc3N2C(C)=O)c(OC)c1. The zero-order valence-electron chi connectivity index (χ0n) is 18.8. The molecule has 9 nitrogen and oxygen atoms in total. The number of fused-ring (bicyclic) bond motifs is 1. The van der Waals surface area contributed by atoms with Gasteiger partial charge in [0.1, 0.15) is 17.5 Å².